The fourth-order valence-electron chi connectivity index (χ4n) is 1.96. The van der Waals surface area contributed by atoms with Crippen molar-refractivity contribution in [1.82, 2.24) is 0 Å². The smallest absolute Gasteiger partial charge is 0.226 e. The summed E-state index contributed by atoms with van der Waals surface area (Å²) in [6.45, 7) is 1.98. The van der Waals surface area contributed by atoms with E-state index < -0.39 is 0 Å². The molecular weight excluding hydrogens is 260 g/mol. The lowest BCUT2D eigenvalue weighted by Gasteiger charge is -2.09. The number of fused-ring (bicyclic) bond motifs is 1. The molecule has 0 spiro atoms. The van der Waals surface area contributed by atoms with Crippen molar-refractivity contribution in [2.24, 2.45) is 0 Å². The van der Waals surface area contributed by atoms with Crippen molar-refractivity contribution >= 4 is 10.8 Å². The SMILES string of the molecule is c1cc(OC[C@H]2CO2)c2ccc(OO[C@H]3CO3)cc2c1. The monoisotopic (exact) mass is 274 g/mol. The van der Waals surface area contributed by atoms with E-state index in [1.807, 2.05) is 36.4 Å². The van der Waals surface area contributed by atoms with Crippen LogP contribution < -0.4 is 9.62 Å². The lowest BCUT2D eigenvalue weighted by Crippen LogP contribution is -2.04. The van der Waals surface area contributed by atoms with E-state index in [9.17, 15) is 0 Å². The number of hydrogen-bond acceptors (Lipinski definition) is 5. The van der Waals surface area contributed by atoms with Crippen LogP contribution in [0.3, 0.4) is 0 Å². The Bertz CT molecular complexity index is 619. The minimum absolute atomic E-state index is 0.223. The van der Waals surface area contributed by atoms with Crippen LogP contribution in [0.2, 0.25) is 0 Å². The van der Waals surface area contributed by atoms with Gasteiger partial charge in [-0.3, -0.25) is 0 Å². The second-order valence-electron chi connectivity index (χ2n) is 4.85. The Morgan fingerprint density at radius 2 is 2.00 bits per heavy atom. The maximum absolute atomic E-state index is 5.77. The molecule has 0 radical (unpaired) electrons. The summed E-state index contributed by atoms with van der Waals surface area (Å²) < 4.78 is 15.8. The van der Waals surface area contributed by atoms with E-state index in [1.54, 1.807) is 0 Å². The van der Waals surface area contributed by atoms with Crippen LogP contribution in [0, 0.1) is 0 Å². The number of benzene rings is 2. The minimum Gasteiger partial charge on any atom is -0.490 e. The summed E-state index contributed by atoms with van der Waals surface area (Å²) >= 11 is 0. The zero-order chi connectivity index (χ0) is 13.4. The second-order valence-corrected chi connectivity index (χ2v) is 4.85. The second kappa shape index (κ2) is 4.94. The fourth-order valence-corrected chi connectivity index (χ4v) is 1.96. The number of epoxide rings is 2. The van der Waals surface area contributed by atoms with Crippen LogP contribution in [0.1, 0.15) is 0 Å². The normalized spacial score (nSPS) is 23.6. The average Bonchev–Trinajstić information content (AvgIpc) is 3.37. The summed E-state index contributed by atoms with van der Waals surface area (Å²) in [6.07, 6.45) is 0.0266. The maximum atomic E-state index is 5.77. The van der Waals surface area contributed by atoms with Gasteiger partial charge in [-0.1, -0.05) is 12.1 Å². The summed E-state index contributed by atoms with van der Waals surface area (Å²) in [7, 11) is 0. The Balaban J connectivity index is 1.54. The number of rotatable bonds is 6. The van der Waals surface area contributed by atoms with Gasteiger partial charge < -0.3 is 19.1 Å². The molecule has 2 aromatic rings. The highest BCUT2D eigenvalue weighted by atomic mass is 17.2. The van der Waals surface area contributed by atoms with E-state index in [0.717, 1.165) is 23.1 Å². The van der Waals surface area contributed by atoms with Gasteiger partial charge in [0.05, 0.1) is 6.61 Å². The van der Waals surface area contributed by atoms with Gasteiger partial charge in [-0.15, -0.1) is 0 Å². The maximum Gasteiger partial charge on any atom is 0.226 e. The van der Waals surface area contributed by atoms with Crippen molar-refractivity contribution in [3.05, 3.63) is 36.4 Å². The first-order chi connectivity index (χ1) is 9.88. The van der Waals surface area contributed by atoms with Gasteiger partial charge in [-0.05, 0) is 29.7 Å². The van der Waals surface area contributed by atoms with Crippen LogP contribution >= 0.6 is 0 Å². The molecule has 104 valence electrons. The third-order valence-corrected chi connectivity index (χ3v) is 3.19. The molecule has 2 heterocycles. The van der Waals surface area contributed by atoms with Gasteiger partial charge in [0.15, 0.2) is 5.75 Å². The van der Waals surface area contributed by atoms with E-state index in [0.29, 0.717) is 19.0 Å². The van der Waals surface area contributed by atoms with Gasteiger partial charge in [-0.25, -0.2) is 0 Å². The molecule has 2 aliphatic rings. The Morgan fingerprint density at radius 1 is 1.10 bits per heavy atom. The van der Waals surface area contributed by atoms with E-state index >= 15 is 0 Å². The Labute approximate surface area is 115 Å². The molecule has 4 rings (SSSR count). The summed E-state index contributed by atoms with van der Waals surface area (Å²) in [5.41, 5.74) is 0. The van der Waals surface area contributed by atoms with Gasteiger partial charge in [0.2, 0.25) is 6.29 Å². The molecule has 2 atom stereocenters. The van der Waals surface area contributed by atoms with Crippen LogP contribution in [0.4, 0.5) is 0 Å². The summed E-state index contributed by atoms with van der Waals surface area (Å²) in [6, 6.07) is 11.7. The molecule has 0 unspecified atom stereocenters. The largest absolute Gasteiger partial charge is 0.490 e. The van der Waals surface area contributed by atoms with Gasteiger partial charge in [0, 0.05) is 5.39 Å². The quantitative estimate of drug-likeness (QED) is 0.459. The zero-order valence-corrected chi connectivity index (χ0v) is 10.8. The van der Waals surface area contributed by atoms with Crippen molar-refractivity contribution in [2.75, 3.05) is 19.8 Å². The molecule has 20 heavy (non-hydrogen) atoms. The lowest BCUT2D eigenvalue weighted by atomic mass is 10.1. The summed E-state index contributed by atoms with van der Waals surface area (Å²) in [4.78, 5) is 10.2. The van der Waals surface area contributed by atoms with Crippen LogP contribution in [0.15, 0.2) is 36.4 Å². The number of ether oxygens (including phenoxy) is 3. The standard InChI is InChI=1S/C15H14O5/c1-2-10-6-11(19-20-15-9-18-15)4-5-13(10)14(3-1)17-8-12-7-16-12/h1-6,12,15H,7-9H2/t12-,15+/m1/s1. The minimum atomic E-state index is -0.223. The molecule has 0 aromatic heterocycles. The van der Waals surface area contributed by atoms with Crippen molar-refractivity contribution in [3.63, 3.8) is 0 Å². The molecule has 2 aromatic carbocycles. The van der Waals surface area contributed by atoms with Crippen LogP contribution in [0.25, 0.3) is 10.8 Å². The van der Waals surface area contributed by atoms with Gasteiger partial charge >= 0.3 is 0 Å². The van der Waals surface area contributed by atoms with Gasteiger partial charge in [0.1, 0.15) is 25.1 Å². The number of hydrogen-bond donors (Lipinski definition) is 0. The first-order valence-electron chi connectivity index (χ1n) is 6.60. The van der Waals surface area contributed by atoms with E-state index in [4.69, 9.17) is 24.0 Å². The van der Waals surface area contributed by atoms with Gasteiger partial charge in [-0.2, -0.15) is 4.89 Å². The molecule has 0 N–H and O–H groups in total. The molecule has 5 nitrogen and oxygen atoms in total. The average molecular weight is 274 g/mol. The molecule has 0 aliphatic carbocycles. The summed E-state index contributed by atoms with van der Waals surface area (Å²) in [5, 5.41) is 2.08. The Kier molecular flexibility index (Phi) is 2.95. The van der Waals surface area contributed by atoms with Crippen LogP contribution in [-0.4, -0.2) is 32.2 Å². The Hall–Kier alpha value is -1.82. The van der Waals surface area contributed by atoms with E-state index in [-0.39, 0.29) is 12.4 Å². The third-order valence-electron chi connectivity index (χ3n) is 3.19. The lowest BCUT2D eigenvalue weighted by molar-refractivity contribution is -0.239. The predicted molar refractivity (Wildman–Crippen MR) is 70.6 cm³/mol. The fraction of sp³-hybridized carbons (Fsp3) is 0.333. The highest BCUT2D eigenvalue weighted by Gasteiger charge is 2.25. The molecule has 2 fully saturated rings. The van der Waals surface area contributed by atoms with Crippen molar-refractivity contribution < 1.29 is 24.0 Å². The third kappa shape index (κ3) is 2.70. The zero-order valence-electron chi connectivity index (χ0n) is 10.8. The van der Waals surface area contributed by atoms with Gasteiger partial charge in [0.25, 0.3) is 0 Å². The van der Waals surface area contributed by atoms with Crippen molar-refractivity contribution in [1.29, 1.82) is 0 Å². The molecule has 2 aliphatic heterocycles. The summed E-state index contributed by atoms with van der Waals surface area (Å²) in [5.74, 6) is 1.51. The predicted octanol–water partition coefficient (Wildman–Crippen LogP) is 2.28. The van der Waals surface area contributed by atoms with Crippen LogP contribution in [0.5, 0.6) is 11.5 Å². The topological polar surface area (TPSA) is 52.8 Å². The molecule has 0 amide bonds. The highest BCUT2D eigenvalue weighted by Crippen LogP contribution is 2.30. The Morgan fingerprint density at radius 3 is 2.80 bits per heavy atom. The molecule has 0 saturated carbocycles. The highest BCUT2D eigenvalue weighted by molar-refractivity contribution is 5.89. The van der Waals surface area contributed by atoms with E-state index in [2.05, 4.69) is 0 Å². The first kappa shape index (κ1) is 12.0. The molecule has 5 heteroatoms. The van der Waals surface area contributed by atoms with Crippen molar-refractivity contribution in [2.45, 2.75) is 12.4 Å². The first-order valence-corrected chi connectivity index (χ1v) is 6.60. The van der Waals surface area contributed by atoms with E-state index in [1.165, 1.54) is 0 Å². The van der Waals surface area contributed by atoms with Crippen LogP contribution in [-0.2, 0) is 14.4 Å². The van der Waals surface area contributed by atoms with Crippen molar-refractivity contribution in [3.8, 4) is 11.5 Å². The molecule has 0 bridgehead atoms. The molecule has 2 saturated heterocycles. The molecular formula is C15H14O5.